The van der Waals surface area contributed by atoms with Crippen LogP contribution in [0.4, 0.5) is 0 Å². The standard InChI is InChI=1S/C49H82O12S/c1-3-5-7-9-11-13-15-17-19-21-22-23-24-26-28-30-32-34-36-38-45(51)59-43(42-58-49-47(53)48(61-62(54,55)56)46(52)44(40-50)60-49)41-57-39-37-35-33-31-29-27-25-20-18-16-14-12-10-8-6-4-2/h5,7,11,13,17-20,22-23,26,28,32,34,43-44,46-50,52-53H,3-4,6,8-10,12,14-16,21,24-25,27,29-31,33,35-42H2,1-2H3,(H,54,55,56)/b7-5-,13-11-,19-17-,20-18-,23-22-,28-26-,34-32-. The van der Waals surface area contributed by atoms with E-state index in [1.165, 1.54) is 57.8 Å². The number of esters is 1. The van der Waals surface area contributed by atoms with Gasteiger partial charge < -0.3 is 34.3 Å². The molecule has 0 spiro atoms. The van der Waals surface area contributed by atoms with Crippen LogP contribution in [0, 0.1) is 0 Å². The van der Waals surface area contributed by atoms with Crippen molar-refractivity contribution in [3.8, 4) is 0 Å². The molecule has 356 valence electrons. The van der Waals surface area contributed by atoms with Crippen LogP contribution in [0.15, 0.2) is 85.1 Å². The first-order valence-corrected chi connectivity index (χ1v) is 24.7. The Morgan fingerprint density at radius 1 is 0.629 bits per heavy atom. The molecule has 12 nitrogen and oxygen atoms in total. The zero-order valence-electron chi connectivity index (χ0n) is 37.9. The molecule has 1 rings (SSSR count). The van der Waals surface area contributed by atoms with Crippen molar-refractivity contribution in [1.82, 2.24) is 0 Å². The number of carbonyl (C=O) groups is 1. The largest absolute Gasteiger partial charge is 0.457 e. The van der Waals surface area contributed by atoms with Crippen molar-refractivity contribution >= 4 is 16.4 Å². The normalized spacial score (nSPS) is 20.8. The molecule has 1 saturated heterocycles. The number of aliphatic hydroxyl groups excluding tert-OH is 3. The summed E-state index contributed by atoms with van der Waals surface area (Å²) in [5, 5.41) is 30.7. The van der Waals surface area contributed by atoms with Crippen LogP contribution in [0.1, 0.15) is 155 Å². The first-order chi connectivity index (χ1) is 30.1. The van der Waals surface area contributed by atoms with Gasteiger partial charge in [0, 0.05) is 13.0 Å². The minimum absolute atomic E-state index is 0.00343. The van der Waals surface area contributed by atoms with E-state index in [0.29, 0.717) is 13.0 Å². The van der Waals surface area contributed by atoms with Gasteiger partial charge >= 0.3 is 16.4 Å². The van der Waals surface area contributed by atoms with Crippen LogP contribution < -0.4 is 0 Å². The van der Waals surface area contributed by atoms with Gasteiger partial charge in [0.15, 0.2) is 6.29 Å². The van der Waals surface area contributed by atoms with Gasteiger partial charge in [0.05, 0.1) is 19.8 Å². The van der Waals surface area contributed by atoms with E-state index < -0.39 is 59.8 Å². The molecule has 62 heavy (non-hydrogen) atoms. The second-order valence-electron chi connectivity index (χ2n) is 15.6. The van der Waals surface area contributed by atoms with Crippen molar-refractivity contribution in [1.29, 1.82) is 0 Å². The van der Waals surface area contributed by atoms with Crippen LogP contribution in [-0.2, 0) is 38.3 Å². The number of hydrogen-bond acceptors (Lipinski definition) is 11. The lowest BCUT2D eigenvalue weighted by atomic mass is 9.99. The maximum absolute atomic E-state index is 12.8. The van der Waals surface area contributed by atoms with Crippen molar-refractivity contribution in [3.63, 3.8) is 0 Å². The van der Waals surface area contributed by atoms with E-state index in [4.69, 9.17) is 23.5 Å². The molecule has 1 aliphatic rings. The van der Waals surface area contributed by atoms with Gasteiger partial charge in [-0.05, 0) is 77.0 Å². The first kappa shape index (κ1) is 57.3. The van der Waals surface area contributed by atoms with Crippen LogP contribution in [0.3, 0.4) is 0 Å². The average molecular weight is 895 g/mol. The summed E-state index contributed by atoms with van der Waals surface area (Å²) in [5.74, 6) is -0.486. The van der Waals surface area contributed by atoms with Crippen LogP contribution in [-0.4, -0.2) is 97.5 Å². The molecule has 6 atom stereocenters. The summed E-state index contributed by atoms with van der Waals surface area (Å²) in [5.41, 5.74) is 0. The molecule has 13 heteroatoms. The van der Waals surface area contributed by atoms with Crippen molar-refractivity contribution in [2.75, 3.05) is 26.4 Å². The maximum Gasteiger partial charge on any atom is 0.397 e. The monoisotopic (exact) mass is 895 g/mol. The Bertz CT molecular complexity index is 1400. The first-order valence-electron chi connectivity index (χ1n) is 23.3. The van der Waals surface area contributed by atoms with E-state index in [1.54, 1.807) is 0 Å². The highest BCUT2D eigenvalue weighted by atomic mass is 32.3. The molecular formula is C49H82O12S. The van der Waals surface area contributed by atoms with Crippen molar-refractivity contribution in [3.05, 3.63) is 85.1 Å². The van der Waals surface area contributed by atoms with Gasteiger partial charge in [0.1, 0.15) is 30.5 Å². The fraction of sp³-hybridized carbons (Fsp3) is 0.694. The van der Waals surface area contributed by atoms with Gasteiger partial charge in [0.25, 0.3) is 0 Å². The van der Waals surface area contributed by atoms with Crippen LogP contribution in [0.5, 0.6) is 0 Å². The summed E-state index contributed by atoms with van der Waals surface area (Å²) < 4.78 is 59.0. The summed E-state index contributed by atoms with van der Waals surface area (Å²) in [6.45, 7) is 3.75. The maximum atomic E-state index is 12.8. The van der Waals surface area contributed by atoms with Gasteiger partial charge in [-0.25, -0.2) is 4.18 Å². The second-order valence-corrected chi connectivity index (χ2v) is 16.7. The number of rotatable bonds is 39. The molecule has 1 aliphatic heterocycles. The molecular weight excluding hydrogens is 813 g/mol. The van der Waals surface area contributed by atoms with E-state index in [0.717, 1.165) is 70.6 Å². The Labute approximate surface area is 374 Å². The molecule has 4 N–H and O–H groups in total. The lowest BCUT2D eigenvalue weighted by Crippen LogP contribution is -2.60. The van der Waals surface area contributed by atoms with Gasteiger partial charge in [-0.3, -0.25) is 9.35 Å². The third-order valence-corrected chi connectivity index (χ3v) is 10.5. The molecule has 0 bridgehead atoms. The number of carbonyl (C=O) groups excluding carboxylic acids is 1. The van der Waals surface area contributed by atoms with Crippen LogP contribution >= 0.6 is 0 Å². The predicted molar refractivity (Wildman–Crippen MR) is 248 cm³/mol. The minimum Gasteiger partial charge on any atom is -0.457 e. The zero-order chi connectivity index (χ0) is 45.4. The smallest absolute Gasteiger partial charge is 0.397 e. The number of hydrogen-bond donors (Lipinski definition) is 4. The summed E-state index contributed by atoms with van der Waals surface area (Å²) in [4.78, 5) is 12.8. The molecule has 0 aliphatic carbocycles. The Morgan fingerprint density at radius 3 is 1.63 bits per heavy atom. The minimum atomic E-state index is -5.08. The topological polar surface area (TPSA) is 178 Å². The summed E-state index contributed by atoms with van der Waals surface area (Å²) in [7, 11) is -5.08. The van der Waals surface area contributed by atoms with Gasteiger partial charge in [-0.1, -0.05) is 157 Å². The van der Waals surface area contributed by atoms with Gasteiger partial charge in [-0.2, -0.15) is 8.42 Å². The lowest BCUT2D eigenvalue weighted by Gasteiger charge is -2.41. The average Bonchev–Trinajstić information content (AvgIpc) is 3.24. The van der Waals surface area contributed by atoms with E-state index >= 15 is 0 Å². The SMILES string of the molecule is CC/C=C\C/C=C\C/C=C\C/C=C\C/C=C\C/C=C\CCC(=O)OC(COCCCCCCCC/C=C\CCCCCCCC)COC1OC(CO)C(O)C(OS(=O)(=O)O)C1O. The van der Waals surface area contributed by atoms with Crippen molar-refractivity contribution < 1.29 is 56.2 Å². The fourth-order valence-electron chi connectivity index (χ4n) is 6.52. The fourth-order valence-corrected chi connectivity index (χ4v) is 7.02. The van der Waals surface area contributed by atoms with Crippen LogP contribution in [0.2, 0.25) is 0 Å². The molecule has 0 saturated carbocycles. The molecule has 0 aromatic carbocycles. The third-order valence-electron chi connectivity index (χ3n) is 10.0. The Kier molecular flexibility index (Phi) is 36.8. The quantitative estimate of drug-likeness (QED) is 0.0199. The van der Waals surface area contributed by atoms with E-state index in [1.807, 2.05) is 12.2 Å². The van der Waals surface area contributed by atoms with E-state index in [2.05, 4.69) is 90.9 Å². The molecule has 1 heterocycles. The molecule has 6 unspecified atom stereocenters. The summed E-state index contributed by atoms with van der Waals surface area (Å²) in [6, 6.07) is 0. The molecule has 0 amide bonds. The molecule has 0 aromatic rings. The highest BCUT2D eigenvalue weighted by molar-refractivity contribution is 7.80. The second kappa shape index (κ2) is 39.8. The molecule has 1 fully saturated rings. The van der Waals surface area contributed by atoms with Crippen molar-refractivity contribution in [2.24, 2.45) is 0 Å². The Morgan fingerprint density at radius 2 is 1.11 bits per heavy atom. The predicted octanol–water partition coefficient (Wildman–Crippen LogP) is 10.1. The summed E-state index contributed by atoms with van der Waals surface area (Å²) >= 11 is 0. The van der Waals surface area contributed by atoms with Crippen molar-refractivity contribution in [2.45, 2.75) is 192 Å². The number of ether oxygens (including phenoxy) is 4. The zero-order valence-corrected chi connectivity index (χ0v) is 38.7. The third kappa shape index (κ3) is 32.9. The van der Waals surface area contributed by atoms with E-state index in [-0.39, 0.29) is 19.6 Å². The Balaban J connectivity index is 2.49. The lowest BCUT2D eigenvalue weighted by molar-refractivity contribution is -0.301. The number of allylic oxidation sites excluding steroid dienone is 14. The number of aliphatic hydroxyl groups is 3. The number of unbranched alkanes of at least 4 members (excludes halogenated alkanes) is 12. The van der Waals surface area contributed by atoms with Crippen LogP contribution in [0.25, 0.3) is 0 Å². The highest BCUT2D eigenvalue weighted by Gasteiger charge is 2.48. The van der Waals surface area contributed by atoms with E-state index in [9.17, 15) is 28.5 Å². The molecule has 0 aromatic heterocycles. The summed E-state index contributed by atoms with van der Waals surface area (Å²) in [6.07, 6.45) is 43.4. The van der Waals surface area contributed by atoms with Gasteiger partial charge in [-0.15, -0.1) is 0 Å². The van der Waals surface area contributed by atoms with Gasteiger partial charge in [0.2, 0.25) is 0 Å². The Hall–Kier alpha value is -2.72. The molecule has 0 radical (unpaired) electrons. The highest BCUT2D eigenvalue weighted by Crippen LogP contribution is 2.26.